The van der Waals surface area contributed by atoms with Crippen LogP contribution in [0.1, 0.15) is 12.5 Å². The number of carbonyl (C=O) groups is 1. The van der Waals surface area contributed by atoms with Gasteiger partial charge in [0.1, 0.15) is 6.10 Å². The lowest BCUT2D eigenvalue weighted by atomic mass is 9.98. The van der Waals surface area contributed by atoms with Crippen LogP contribution >= 0.6 is 0 Å². The summed E-state index contributed by atoms with van der Waals surface area (Å²) in [5.41, 5.74) is 0.357. The number of imidazole rings is 1. The fraction of sp³-hybridized carbons (Fsp3) is 0.400. The second kappa shape index (κ2) is 7.23. The number of anilines is 1. The van der Waals surface area contributed by atoms with E-state index in [-0.39, 0.29) is 17.8 Å². The van der Waals surface area contributed by atoms with Gasteiger partial charge in [0.15, 0.2) is 28.5 Å². The van der Waals surface area contributed by atoms with E-state index in [0.29, 0.717) is 34.9 Å². The number of hydrogen-bond acceptors (Lipinski definition) is 11. The van der Waals surface area contributed by atoms with Gasteiger partial charge in [-0.05, 0) is 12.5 Å². The van der Waals surface area contributed by atoms with Gasteiger partial charge >= 0.3 is 0 Å². The lowest BCUT2D eigenvalue weighted by molar-refractivity contribution is -0.132. The second-order valence-electron chi connectivity index (χ2n) is 8.42. The first-order valence-electron chi connectivity index (χ1n) is 10.7. The van der Waals surface area contributed by atoms with E-state index < -0.39 is 23.7 Å². The predicted octanol–water partition coefficient (Wildman–Crippen LogP) is -1.07. The highest BCUT2D eigenvalue weighted by molar-refractivity contribution is 5.88. The Bertz CT molecular complexity index is 1400. The van der Waals surface area contributed by atoms with E-state index in [0.717, 1.165) is 0 Å². The third-order valence-corrected chi connectivity index (χ3v) is 6.78. The summed E-state index contributed by atoms with van der Waals surface area (Å²) in [5, 5.41) is 35.4. The van der Waals surface area contributed by atoms with Crippen molar-refractivity contribution in [1.82, 2.24) is 49.8 Å². The van der Waals surface area contributed by atoms with Crippen molar-refractivity contribution in [3.05, 3.63) is 31.0 Å². The molecule has 0 aliphatic heterocycles. The molecule has 2 aliphatic carbocycles. The standard InChI is InChI=1S/C20H21N11O3/c1-21-16-11-17(27-19(26-16)31-7-10(28-29-31)15-23-4-3-5-24-15)30(8-25-11)12-9-6-20(9,18(34)22-2)14(33)13(12)32/h3-5,7-9,12-14,32-33H,6H2,1-2H3,(H,22,34)(H,21,26,27)/t9?,12-,13?,14+,20-/m1/s1. The van der Waals surface area contributed by atoms with Crippen molar-refractivity contribution in [1.29, 1.82) is 0 Å². The molecule has 5 atom stereocenters. The van der Waals surface area contributed by atoms with Gasteiger partial charge in [-0.1, -0.05) is 5.21 Å². The number of aromatic nitrogens is 9. The highest BCUT2D eigenvalue weighted by Crippen LogP contribution is 2.67. The molecule has 6 rings (SSSR count). The van der Waals surface area contributed by atoms with Crippen LogP contribution in [0.4, 0.5) is 5.82 Å². The zero-order valence-corrected chi connectivity index (χ0v) is 18.2. The maximum Gasteiger partial charge on any atom is 0.256 e. The van der Waals surface area contributed by atoms with Crippen LogP contribution in [0, 0.1) is 11.3 Å². The van der Waals surface area contributed by atoms with E-state index in [4.69, 9.17) is 0 Å². The predicted molar refractivity (Wildman–Crippen MR) is 116 cm³/mol. The number of aliphatic hydroxyl groups excluding tert-OH is 2. The molecule has 4 aromatic rings. The molecule has 0 aromatic carbocycles. The van der Waals surface area contributed by atoms with Gasteiger partial charge in [0.05, 0.1) is 30.1 Å². The Balaban J connectivity index is 1.44. The Morgan fingerprint density at radius 3 is 2.71 bits per heavy atom. The molecular formula is C20H21N11O3. The summed E-state index contributed by atoms with van der Waals surface area (Å²) < 4.78 is 3.10. The van der Waals surface area contributed by atoms with Crippen molar-refractivity contribution in [2.24, 2.45) is 11.3 Å². The highest BCUT2D eigenvalue weighted by Gasteiger charge is 2.75. The van der Waals surface area contributed by atoms with Crippen LogP contribution in [0.5, 0.6) is 0 Å². The molecule has 2 unspecified atom stereocenters. The van der Waals surface area contributed by atoms with Crippen LogP contribution in [-0.2, 0) is 4.79 Å². The zero-order chi connectivity index (χ0) is 23.6. The first-order chi connectivity index (χ1) is 16.5. The molecule has 14 heteroatoms. The smallest absolute Gasteiger partial charge is 0.256 e. The van der Waals surface area contributed by atoms with Gasteiger partial charge in [-0.2, -0.15) is 14.6 Å². The van der Waals surface area contributed by atoms with Gasteiger partial charge in [0, 0.05) is 32.4 Å². The van der Waals surface area contributed by atoms with Crippen molar-refractivity contribution < 1.29 is 15.0 Å². The lowest BCUT2D eigenvalue weighted by Gasteiger charge is -2.23. The van der Waals surface area contributed by atoms with E-state index in [2.05, 4.69) is 45.9 Å². The molecule has 2 aliphatic rings. The fourth-order valence-electron chi connectivity index (χ4n) is 5.08. The molecule has 2 saturated carbocycles. The number of nitrogens with one attached hydrogen (secondary N) is 2. The number of aliphatic hydroxyl groups is 2. The molecule has 4 aromatic heterocycles. The largest absolute Gasteiger partial charge is 0.389 e. The van der Waals surface area contributed by atoms with E-state index in [1.165, 1.54) is 11.7 Å². The minimum atomic E-state index is -1.19. The Labute approximate surface area is 192 Å². The average Bonchev–Trinajstić information content (AvgIpc) is 3.14. The monoisotopic (exact) mass is 463 g/mol. The molecule has 2 fully saturated rings. The Hall–Kier alpha value is -4.04. The van der Waals surface area contributed by atoms with E-state index >= 15 is 0 Å². The molecule has 34 heavy (non-hydrogen) atoms. The lowest BCUT2D eigenvalue weighted by Crippen LogP contribution is -2.41. The summed E-state index contributed by atoms with van der Waals surface area (Å²) in [6.45, 7) is 0. The number of fused-ring (bicyclic) bond motifs is 2. The van der Waals surface area contributed by atoms with Crippen LogP contribution in [0.25, 0.3) is 28.6 Å². The van der Waals surface area contributed by atoms with Crippen molar-refractivity contribution >= 4 is 22.9 Å². The highest BCUT2D eigenvalue weighted by atomic mass is 16.3. The third kappa shape index (κ3) is 2.69. The molecule has 14 nitrogen and oxygen atoms in total. The molecule has 1 amide bonds. The van der Waals surface area contributed by atoms with Crippen LogP contribution in [0.2, 0.25) is 0 Å². The SMILES string of the molecule is CNC(=O)[C@]12CC1[C@@H](n1cnc3c(NC)nc(-n4cc(-c5ncccn5)nn4)nc31)C(O)[C@@H]2O. The fourth-order valence-corrected chi connectivity index (χ4v) is 5.08. The van der Waals surface area contributed by atoms with Gasteiger partial charge in [0.2, 0.25) is 5.91 Å². The summed E-state index contributed by atoms with van der Waals surface area (Å²) in [4.78, 5) is 34.4. The zero-order valence-electron chi connectivity index (χ0n) is 18.2. The van der Waals surface area contributed by atoms with E-state index in [1.54, 1.807) is 42.6 Å². The Morgan fingerprint density at radius 2 is 1.97 bits per heavy atom. The number of nitrogens with zero attached hydrogens (tertiary/aromatic N) is 9. The van der Waals surface area contributed by atoms with Crippen LogP contribution < -0.4 is 10.6 Å². The molecule has 174 valence electrons. The quantitative estimate of drug-likeness (QED) is 0.283. The van der Waals surface area contributed by atoms with Crippen molar-refractivity contribution in [3.8, 4) is 17.5 Å². The van der Waals surface area contributed by atoms with Crippen molar-refractivity contribution in [2.45, 2.75) is 24.7 Å². The van der Waals surface area contributed by atoms with Crippen LogP contribution in [-0.4, -0.2) is 86.9 Å². The molecule has 0 spiro atoms. The molecule has 4 heterocycles. The molecule has 4 N–H and O–H groups in total. The molecule has 0 radical (unpaired) electrons. The average molecular weight is 463 g/mol. The van der Waals surface area contributed by atoms with Gasteiger partial charge in [-0.25, -0.2) is 15.0 Å². The third-order valence-electron chi connectivity index (χ3n) is 6.78. The maximum absolute atomic E-state index is 12.5. The first-order valence-corrected chi connectivity index (χ1v) is 10.7. The normalized spacial score (nSPS) is 27.5. The second-order valence-corrected chi connectivity index (χ2v) is 8.42. The number of hydrogen-bond donors (Lipinski definition) is 4. The van der Waals surface area contributed by atoms with E-state index in [1.807, 2.05) is 0 Å². The topological polar surface area (TPSA) is 182 Å². The van der Waals surface area contributed by atoms with Gasteiger partial charge in [-0.3, -0.25) is 4.79 Å². The summed E-state index contributed by atoms with van der Waals surface area (Å²) >= 11 is 0. The number of carbonyl (C=O) groups excluding carboxylic acids is 1. The molecule has 0 saturated heterocycles. The minimum Gasteiger partial charge on any atom is -0.389 e. The van der Waals surface area contributed by atoms with E-state index in [9.17, 15) is 15.0 Å². The summed E-state index contributed by atoms with van der Waals surface area (Å²) in [7, 11) is 3.23. The van der Waals surface area contributed by atoms with Crippen molar-refractivity contribution in [3.63, 3.8) is 0 Å². The Kier molecular flexibility index (Phi) is 4.37. The maximum atomic E-state index is 12.5. The molecule has 0 bridgehead atoms. The number of amides is 1. The molecular weight excluding hydrogens is 442 g/mol. The van der Waals surface area contributed by atoms with Gasteiger partial charge in [-0.15, -0.1) is 5.10 Å². The van der Waals surface area contributed by atoms with Crippen LogP contribution in [0.3, 0.4) is 0 Å². The first kappa shape index (κ1) is 20.6. The van der Waals surface area contributed by atoms with Gasteiger partial charge < -0.3 is 25.4 Å². The summed E-state index contributed by atoms with van der Waals surface area (Å²) in [6, 6.07) is 1.13. The van der Waals surface area contributed by atoms with Crippen LogP contribution in [0.15, 0.2) is 31.0 Å². The minimum absolute atomic E-state index is 0.217. The van der Waals surface area contributed by atoms with Crippen molar-refractivity contribution in [2.75, 3.05) is 19.4 Å². The number of rotatable bonds is 5. The summed E-state index contributed by atoms with van der Waals surface area (Å²) in [6.07, 6.45) is 4.51. The van der Waals surface area contributed by atoms with Gasteiger partial charge in [0.25, 0.3) is 5.95 Å². The Morgan fingerprint density at radius 1 is 1.18 bits per heavy atom. The summed E-state index contributed by atoms with van der Waals surface area (Å²) in [5.74, 6) is 0.555.